The number of carbonyl (C=O) groups is 1. The number of amides is 1. The number of hydrogen-bond donors (Lipinski definition) is 5. The van der Waals surface area contributed by atoms with Gasteiger partial charge in [0.05, 0.1) is 17.9 Å². The number of aliphatic imine (C=N–C) groups is 1. The second-order valence-corrected chi connectivity index (χ2v) is 8.88. The Kier molecular flexibility index (Phi) is 9.52. The molecular weight excluding hydrogens is 508 g/mol. The molecule has 11 heteroatoms. The minimum Gasteiger partial charge on any atom is -0.423 e. The predicted octanol–water partition coefficient (Wildman–Crippen LogP) is 3.60. The maximum Gasteiger partial charge on any atom is 0.491 e. The molecule has 0 saturated carbocycles. The van der Waals surface area contributed by atoms with Crippen LogP contribution < -0.4 is 15.7 Å². The average Bonchev–Trinajstić information content (AvgIpc) is 3.00. The quantitative estimate of drug-likeness (QED) is 0.198. The lowest BCUT2D eigenvalue weighted by atomic mass is 9.78. The van der Waals surface area contributed by atoms with E-state index in [4.69, 9.17) is 22.4 Å². The van der Waals surface area contributed by atoms with Crippen molar-refractivity contribution in [2.24, 2.45) is 4.99 Å². The zero-order chi connectivity index (χ0) is 28.0. The van der Waals surface area contributed by atoms with Crippen LogP contribution in [-0.4, -0.2) is 53.5 Å². The monoisotopic (exact) mass is 535 g/mol. The van der Waals surface area contributed by atoms with E-state index in [1.54, 1.807) is 49.4 Å². The van der Waals surface area contributed by atoms with Gasteiger partial charge in [-0.05, 0) is 43.7 Å². The molecule has 8 nitrogen and oxygen atoms in total. The minimum atomic E-state index is -1.93. The molecule has 38 heavy (non-hydrogen) atoms. The van der Waals surface area contributed by atoms with Crippen molar-refractivity contribution in [2.75, 3.05) is 18.0 Å². The number of nitrogens with one attached hydrogen (secondary N) is 3. The van der Waals surface area contributed by atoms with Crippen LogP contribution in [0.15, 0.2) is 65.7 Å². The van der Waals surface area contributed by atoms with Gasteiger partial charge in [0, 0.05) is 40.6 Å². The van der Waals surface area contributed by atoms with Gasteiger partial charge in [-0.25, -0.2) is 4.39 Å². The van der Waals surface area contributed by atoms with Crippen molar-refractivity contribution < 1.29 is 19.2 Å². The summed E-state index contributed by atoms with van der Waals surface area (Å²) in [4.78, 5) is 16.0. The summed E-state index contributed by atoms with van der Waals surface area (Å²) in [6.45, 7) is 5.78. The summed E-state index contributed by atoms with van der Waals surface area (Å²) >= 11 is 6.04. The highest BCUT2D eigenvalue weighted by molar-refractivity contribution is 6.58. The lowest BCUT2D eigenvalue weighted by molar-refractivity contribution is -0.118. The van der Waals surface area contributed by atoms with Gasteiger partial charge in [0.15, 0.2) is 0 Å². The van der Waals surface area contributed by atoms with Crippen molar-refractivity contribution >= 4 is 53.2 Å². The van der Waals surface area contributed by atoms with Crippen LogP contribution >= 0.6 is 11.6 Å². The number of carbonyl (C=O) groups excluding carboxylic acids is 1. The first-order valence-electron chi connectivity index (χ1n) is 11.8. The summed E-state index contributed by atoms with van der Waals surface area (Å²) in [6.07, 6.45) is 0. The Morgan fingerprint density at radius 2 is 1.76 bits per heavy atom. The van der Waals surface area contributed by atoms with E-state index < -0.39 is 12.9 Å². The first-order valence-corrected chi connectivity index (χ1v) is 12.2. The Hall–Kier alpha value is -3.86. The van der Waals surface area contributed by atoms with Crippen LogP contribution in [0.5, 0.6) is 0 Å². The van der Waals surface area contributed by atoms with Gasteiger partial charge < -0.3 is 15.4 Å². The largest absolute Gasteiger partial charge is 0.491 e. The number of hydrogen-bond acceptors (Lipinski definition) is 6. The molecule has 0 spiro atoms. The topological polar surface area (TPSA) is 133 Å². The van der Waals surface area contributed by atoms with Gasteiger partial charge in [0.1, 0.15) is 17.5 Å². The first-order chi connectivity index (χ1) is 18.0. The van der Waals surface area contributed by atoms with Crippen LogP contribution in [0.3, 0.4) is 0 Å². The number of nitrogens with zero attached hydrogens (tertiary/aromatic N) is 2. The SMILES string of the molecule is CC(=N)N1C(=N)CN=C(c2ccc(Cl)cc2)c2cc(-c3cccc(B(O)O)c3F)ccc21.CCNC(C)=O. The van der Waals surface area contributed by atoms with Crippen molar-refractivity contribution in [1.82, 2.24) is 5.32 Å². The maximum absolute atomic E-state index is 15.0. The number of amidine groups is 2. The number of halogens is 2. The van der Waals surface area contributed by atoms with Crippen LogP contribution in [0.1, 0.15) is 31.9 Å². The Morgan fingerprint density at radius 3 is 2.32 bits per heavy atom. The fraction of sp³-hybridized carbons (Fsp3) is 0.185. The second-order valence-electron chi connectivity index (χ2n) is 8.44. The lowest BCUT2D eigenvalue weighted by Gasteiger charge is -2.24. The molecule has 0 saturated heterocycles. The highest BCUT2D eigenvalue weighted by Gasteiger charge is 2.26. The molecule has 1 amide bonds. The Labute approximate surface area is 226 Å². The van der Waals surface area contributed by atoms with Crippen LogP contribution in [0.4, 0.5) is 10.1 Å². The van der Waals surface area contributed by atoms with Gasteiger partial charge in [0.25, 0.3) is 0 Å². The number of rotatable bonds is 4. The summed E-state index contributed by atoms with van der Waals surface area (Å²) in [7, 11) is -1.93. The van der Waals surface area contributed by atoms with Gasteiger partial charge in [-0.3, -0.25) is 25.5 Å². The van der Waals surface area contributed by atoms with E-state index >= 15 is 4.39 Å². The van der Waals surface area contributed by atoms with Crippen molar-refractivity contribution in [3.63, 3.8) is 0 Å². The molecule has 0 atom stereocenters. The van der Waals surface area contributed by atoms with Crippen LogP contribution in [0.25, 0.3) is 11.1 Å². The van der Waals surface area contributed by atoms with E-state index in [-0.39, 0.29) is 35.1 Å². The van der Waals surface area contributed by atoms with E-state index in [1.165, 1.54) is 17.9 Å². The highest BCUT2D eigenvalue weighted by atomic mass is 35.5. The molecule has 3 aromatic carbocycles. The van der Waals surface area contributed by atoms with Gasteiger partial charge >= 0.3 is 7.12 Å². The third-order valence-electron chi connectivity index (χ3n) is 5.65. The molecule has 0 aliphatic carbocycles. The van der Waals surface area contributed by atoms with Crippen molar-refractivity contribution in [1.29, 1.82) is 10.8 Å². The molecule has 196 valence electrons. The fourth-order valence-corrected chi connectivity index (χ4v) is 4.13. The third-order valence-corrected chi connectivity index (χ3v) is 5.90. The number of benzodiazepines with no additional fused rings is 1. The molecule has 1 heterocycles. The van der Waals surface area contributed by atoms with E-state index in [2.05, 4.69) is 10.3 Å². The van der Waals surface area contributed by atoms with Crippen molar-refractivity contribution in [3.05, 3.63) is 82.6 Å². The third kappa shape index (κ3) is 6.52. The van der Waals surface area contributed by atoms with E-state index in [1.807, 2.05) is 19.1 Å². The zero-order valence-corrected chi connectivity index (χ0v) is 22.0. The molecule has 4 rings (SSSR count). The van der Waals surface area contributed by atoms with Gasteiger partial charge in [-0.2, -0.15) is 0 Å². The van der Waals surface area contributed by atoms with E-state index in [0.717, 1.165) is 12.1 Å². The van der Waals surface area contributed by atoms with Crippen molar-refractivity contribution in [3.8, 4) is 11.1 Å². The Balaban J connectivity index is 0.000000599. The molecular formula is C27H28BClFN5O3. The molecule has 3 aromatic rings. The molecule has 0 bridgehead atoms. The van der Waals surface area contributed by atoms with Gasteiger partial charge in [-0.15, -0.1) is 0 Å². The standard InChI is InChI=1S/C23H19BClFN4O2.C4H9NO/c1-13(27)30-20-10-7-15(17-3-2-4-19(22(17)26)24(31)32)11-18(20)23(29-12-21(30)28)14-5-8-16(25)9-6-14;1-3-5-4(2)6/h2-11,27-28,31-32H,12H2,1H3;3H2,1-2H3,(H,5,6). The highest BCUT2D eigenvalue weighted by Crippen LogP contribution is 2.33. The first kappa shape index (κ1) is 28.7. The molecule has 1 aliphatic rings. The molecule has 1 aliphatic heterocycles. The van der Waals surface area contributed by atoms with Gasteiger partial charge in [0.2, 0.25) is 5.91 Å². The summed E-state index contributed by atoms with van der Waals surface area (Å²) < 4.78 is 15.0. The van der Waals surface area contributed by atoms with Crippen molar-refractivity contribution in [2.45, 2.75) is 20.8 Å². The Morgan fingerprint density at radius 1 is 1.11 bits per heavy atom. The van der Waals surface area contributed by atoms with E-state index in [9.17, 15) is 14.8 Å². The van der Waals surface area contributed by atoms with Gasteiger partial charge in [-0.1, -0.05) is 48.0 Å². The molecule has 0 aromatic heterocycles. The van der Waals surface area contributed by atoms with Crippen LogP contribution in [0, 0.1) is 16.6 Å². The number of benzene rings is 3. The molecule has 0 fully saturated rings. The molecule has 0 unspecified atom stereocenters. The molecule has 0 radical (unpaired) electrons. The van der Waals surface area contributed by atoms with E-state index in [0.29, 0.717) is 27.5 Å². The fourth-order valence-electron chi connectivity index (χ4n) is 4.00. The molecule has 5 N–H and O–H groups in total. The predicted molar refractivity (Wildman–Crippen MR) is 152 cm³/mol. The lowest BCUT2D eigenvalue weighted by Crippen LogP contribution is -2.35. The summed E-state index contributed by atoms with van der Waals surface area (Å²) in [5, 5.41) is 38.7. The number of fused-ring (bicyclic) bond motifs is 1. The maximum atomic E-state index is 15.0. The van der Waals surface area contributed by atoms with Crippen LogP contribution in [0.2, 0.25) is 5.02 Å². The zero-order valence-electron chi connectivity index (χ0n) is 21.2. The summed E-state index contributed by atoms with van der Waals surface area (Å²) in [5.41, 5.74) is 3.04. The normalized spacial score (nSPS) is 12.4. The average molecular weight is 536 g/mol. The smallest absolute Gasteiger partial charge is 0.423 e. The Bertz CT molecular complexity index is 1400. The minimum absolute atomic E-state index is 0.0394. The summed E-state index contributed by atoms with van der Waals surface area (Å²) in [5.74, 6) is -0.383. The summed E-state index contributed by atoms with van der Waals surface area (Å²) in [6, 6.07) is 16.7. The number of anilines is 1. The second kappa shape index (κ2) is 12.6. The van der Waals surface area contributed by atoms with Crippen LogP contribution in [-0.2, 0) is 4.79 Å².